The summed E-state index contributed by atoms with van der Waals surface area (Å²) >= 11 is 0. The van der Waals surface area contributed by atoms with E-state index in [-0.39, 0.29) is 6.61 Å². The topological polar surface area (TPSA) is 77.5 Å². The summed E-state index contributed by atoms with van der Waals surface area (Å²) in [7, 11) is 1.52. The Bertz CT molecular complexity index is 333. The van der Waals surface area contributed by atoms with Gasteiger partial charge in [0.2, 0.25) is 5.91 Å². The number of furan rings is 1. The van der Waals surface area contributed by atoms with Crippen molar-refractivity contribution < 1.29 is 13.9 Å². The minimum Gasteiger partial charge on any atom is -0.465 e. The third-order valence-electron chi connectivity index (χ3n) is 1.98. The Morgan fingerprint density at radius 3 is 3.12 bits per heavy atom. The van der Waals surface area contributed by atoms with Gasteiger partial charge < -0.3 is 20.2 Å². The lowest BCUT2D eigenvalue weighted by molar-refractivity contribution is -0.121. The molecular weight excluding hydrogens is 208 g/mol. The van der Waals surface area contributed by atoms with E-state index >= 15 is 0 Å². The maximum atomic E-state index is 10.9. The number of nitrogens with one attached hydrogen (secondary N) is 1. The number of methoxy groups -OCH3 is 1. The molecule has 0 bridgehead atoms. The average molecular weight is 224 g/mol. The number of carbonyl (C=O) groups excluding carboxylic acids is 1. The van der Waals surface area contributed by atoms with E-state index < -0.39 is 11.9 Å². The van der Waals surface area contributed by atoms with Gasteiger partial charge >= 0.3 is 0 Å². The molecule has 0 radical (unpaired) electrons. The first-order valence-electron chi connectivity index (χ1n) is 4.95. The van der Waals surface area contributed by atoms with Gasteiger partial charge in [-0.05, 0) is 18.2 Å². The van der Waals surface area contributed by atoms with Gasteiger partial charge in [0.05, 0.1) is 12.9 Å². The first-order valence-corrected chi connectivity index (χ1v) is 4.95. The lowest BCUT2D eigenvalue weighted by atomic mass is 10.3. The number of hydrogen-bond acceptors (Lipinski definition) is 4. The van der Waals surface area contributed by atoms with E-state index in [0.29, 0.717) is 6.54 Å². The summed E-state index contributed by atoms with van der Waals surface area (Å²) in [5.74, 6) is 0.345. The molecule has 0 saturated heterocycles. The van der Waals surface area contributed by atoms with E-state index in [0.717, 1.165) is 5.76 Å². The molecule has 0 aliphatic carbocycles. The van der Waals surface area contributed by atoms with Gasteiger partial charge in [-0.3, -0.25) is 4.79 Å². The van der Waals surface area contributed by atoms with Crippen molar-refractivity contribution in [3.63, 3.8) is 0 Å². The molecule has 0 aliphatic rings. The summed E-state index contributed by atoms with van der Waals surface area (Å²) in [6, 6.07) is 3.19. The predicted octanol–water partition coefficient (Wildman–Crippen LogP) is 0.383. The molecule has 1 atom stereocenters. The summed E-state index contributed by atoms with van der Waals surface area (Å²) in [5.41, 5.74) is 5.18. The van der Waals surface area contributed by atoms with E-state index in [1.807, 2.05) is 24.3 Å². The van der Waals surface area contributed by atoms with E-state index in [2.05, 4.69) is 5.32 Å². The zero-order valence-corrected chi connectivity index (χ0v) is 9.18. The lowest BCUT2D eigenvalue weighted by Crippen LogP contribution is -2.44. The molecule has 3 N–H and O–H groups in total. The molecule has 1 amide bonds. The van der Waals surface area contributed by atoms with E-state index in [1.54, 1.807) is 6.26 Å². The Balaban J connectivity index is 2.30. The lowest BCUT2D eigenvalue weighted by Gasteiger charge is -2.12. The smallest absolute Gasteiger partial charge is 0.236 e. The van der Waals surface area contributed by atoms with Crippen LogP contribution in [-0.4, -0.2) is 32.2 Å². The van der Waals surface area contributed by atoms with Crippen molar-refractivity contribution >= 4 is 12.0 Å². The fraction of sp³-hybridized carbons (Fsp3) is 0.364. The molecule has 1 aromatic heterocycles. The highest BCUT2D eigenvalue weighted by Gasteiger charge is 2.12. The second-order valence-electron chi connectivity index (χ2n) is 3.24. The average Bonchev–Trinajstić information content (AvgIpc) is 2.75. The fourth-order valence-corrected chi connectivity index (χ4v) is 1.18. The molecule has 5 nitrogen and oxygen atoms in total. The third-order valence-corrected chi connectivity index (χ3v) is 1.98. The Morgan fingerprint density at radius 2 is 2.56 bits per heavy atom. The quantitative estimate of drug-likeness (QED) is 0.702. The molecule has 0 spiro atoms. The van der Waals surface area contributed by atoms with Crippen molar-refractivity contribution in [2.45, 2.75) is 6.04 Å². The van der Waals surface area contributed by atoms with Crippen molar-refractivity contribution in [2.75, 3.05) is 20.3 Å². The van der Waals surface area contributed by atoms with Gasteiger partial charge in [0, 0.05) is 13.7 Å². The Kier molecular flexibility index (Phi) is 5.31. The van der Waals surface area contributed by atoms with Crippen LogP contribution in [0.5, 0.6) is 0 Å². The Morgan fingerprint density at radius 1 is 1.75 bits per heavy atom. The second kappa shape index (κ2) is 6.81. The van der Waals surface area contributed by atoms with Crippen molar-refractivity contribution in [1.29, 1.82) is 0 Å². The standard InChI is InChI=1S/C11H16N2O3/c1-15-8-10(11(12)14)13-6-2-4-9-5-3-7-16-9/h2-5,7,10,13H,6,8H2,1H3,(H2,12,14)/b4-2+. The van der Waals surface area contributed by atoms with Crippen molar-refractivity contribution in [3.05, 3.63) is 30.2 Å². The zero-order valence-electron chi connectivity index (χ0n) is 9.18. The van der Waals surface area contributed by atoms with Crippen LogP contribution in [0.25, 0.3) is 6.08 Å². The van der Waals surface area contributed by atoms with Crippen LogP contribution < -0.4 is 11.1 Å². The highest BCUT2D eigenvalue weighted by molar-refractivity contribution is 5.80. The fourth-order valence-electron chi connectivity index (χ4n) is 1.18. The van der Waals surface area contributed by atoms with Gasteiger partial charge in [-0.1, -0.05) is 6.08 Å². The molecule has 16 heavy (non-hydrogen) atoms. The molecule has 0 aliphatic heterocycles. The van der Waals surface area contributed by atoms with Crippen molar-refractivity contribution in [2.24, 2.45) is 5.73 Å². The van der Waals surface area contributed by atoms with Crippen LogP contribution in [0.1, 0.15) is 5.76 Å². The largest absolute Gasteiger partial charge is 0.465 e. The van der Waals surface area contributed by atoms with Crippen LogP contribution in [-0.2, 0) is 9.53 Å². The summed E-state index contributed by atoms with van der Waals surface area (Å²) in [5, 5.41) is 2.95. The van der Waals surface area contributed by atoms with Gasteiger partial charge in [0.1, 0.15) is 11.8 Å². The zero-order chi connectivity index (χ0) is 11.8. The number of primary amides is 1. The normalized spacial score (nSPS) is 13.1. The number of amides is 1. The number of rotatable bonds is 7. The minimum atomic E-state index is -0.466. The van der Waals surface area contributed by atoms with Gasteiger partial charge in [-0.2, -0.15) is 0 Å². The predicted molar refractivity (Wildman–Crippen MR) is 60.6 cm³/mol. The first kappa shape index (κ1) is 12.5. The number of hydrogen-bond donors (Lipinski definition) is 2. The van der Waals surface area contributed by atoms with Gasteiger partial charge in [-0.25, -0.2) is 0 Å². The maximum absolute atomic E-state index is 10.9. The van der Waals surface area contributed by atoms with E-state index in [9.17, 15) is 4.79 Å². The van der Waals surface area contributed by atoms with E-state index in [1.165, 1.54) is 7.11 Å². The molecule has 1 rings (SSSR count). The molecular formula is C11H16N2O3. The van der Waals surface area contributed by atoms with Gasteiger partial charge in [0.15, 0.2) is 0 Å². The number of nitrogens with two attached hydrogens (primary N) is 1. The highest BCUT2D eigenvalue weighted by atomic mass is 16.5. The molecule has 0 fully saturated rings. The molecule has 5 heteroatoms. The van der Waals surface area contributed by atoms with Crippen LogP contribution in [0.15, 0.2) is 28.9 Å². The monoisotopic (exact) mass is 224 g/mol. The molecule has 0 aromatic carbocycles. The number of ether oxygens (including phenoxy) is 1. The van der Waals surface area contributed by atoms with Crippen LogP contribution >= 0.6 is 0 Å². The summed E-state index contributed by atoms with van der Waals surface area (Å²) in [6.45, 7) is 0.793. The summed E-state index contributed by atoms with van der Waals surface area (Å²) in [4.78, 5) is 10.9. The molecule has 1 aromatic rings. The maximum Gasteiger partial charge on any atom is 0.236 e. The highest BCUT2D eigenvalue weighted by Crippen LogP contribution is 2.01. The number of carbonyl (C=O) groups is 1. The van der Waals surface area contributed by atoms with E-state index in [4.69, 9.17) is 14.9 Å². The van der Waals surface area contributed by atoms with Crippen LogP contribution in [0.2, 0.25) is 0 Å². The van der Waals surface area contributed by atoms with Crippen LogP contribution in [0.3, 0.4) is 0 Å². The third kappa shape index (κ3) is 4.29. The van der Waals surface area contributed by atoms with Gasteiger partial charge in [0.25, 0.3) is 0 Å². The van der Waals surface area contributed by atoms with Gasteiger partial charge in [-0.15, -0.1) is 0 Å². The summed E-state index contributed by atoms with van der Waals surface area (Å²) < 4.78 is 9.97. The van der Waals surface area contributed by atoms with Crippen LogP contribution in [0, 0.1) is 0 Å². The molecule has 1 unspecified atom stereocenters. The van der Waals surface area contributed by atoms with Crippen molar-refractivity contribution in [1.82, 2.24) is 5.32 Å². The molecule has 88 valence electrons. The Hall–Kier alpha value is -1.59. The van der Waals surface area contributed by atoms with Crippen LogP contribution in [0.4, 0.5) is 0 Å². The van der Waals surface area contributed by atoms with Crippen molar-refractivity contribution in [3.8, 4) is 0 Å². The minimum absolute atomic E-state index is 0.268. The second-order valence-corrected chi connectivity index (χ2v) is 3.24. The molecule has 1 heterocycles. The summed E-state index contributed by atoms with van der Waals surface area (Å²) in [6.07, 6.45) is 5.27. The Labute approximate surface area is 94.3 Å². The SMILES string of the molecule is COCC(NC/C=C/c1ccco1)C(N)=O. The molecule has 0 saturated carbocycles. The first-order chi connectivity index (χ1) is 7.74.